The van der Waals surface area contributed by atoms with Crippen LogP contribution in [0.4, 0.5) is 13.2 Å². The first-order valence-corrected chi connectivity index (χ1v) is 5.50. The Morgan fingerprint density at radius 2 is 2.00 bits per heavy atom. The highest BCUT2D eigenvalue weighted by Crippen LogP contribution is 2.33. The van der Waals surface area contributed by atoms with E-state index in [1.807, 2.05) is 0 Å². The molecule has 0 aliphatic carbocycles. The van der Waals surface area contributed by atoms with Crippen molar-refractivity contribution in [2.45, 2.75) is 6.18 Å². The molecule has 0 saturated heterocycles. The fourth-order valence-corrected chi connectivity index (χ4v) is 2.13. The Bertz CT molecular complexity index is 640. The van der Waals surface area contributed by atoms with Crippen molar-refractivity contribution in [2.75, 3.05) is 0 Å². The Labute approximate surface area is 107 Å². The number of carbonyl (C=O) groups is 1. The minimum Gasteiger partial charge on any atom is -0.478 e. The molecule has 0 amide bonds. The maximum Gasteiger partial charge on any atom is 0.433 e. The van der Waals surface area contributed by atoms with Crippen LogP contribution in [0.25, 0.3) is 10.9 Å². The van der Waals surface area contributed by atoms with Crippen LogP contribution in [0.2, 0.25) is 0 Å². The highest BCUT2D eigenvalue weighted by atomic mass is 79.9. The SMILES string of the molecule is O=C(O)c1cc(C(F)(F)F)nc2cccc(Br)c12. The van der Waals surface area contributed by atoms with E-state index in [1.165, 1.54) is 12.1 Å². The first-order valence-electron chi connectivity index (χ1n) is 4.70. The highest BCUT2D eigenvalue weighted by molar-refractivity contribution is 9.10. The Hall–Kier alpha value is -1.63. The molecule has 0 fully saturated rings. The van der Waals surface area contributed by atoms with Gasteiger partial charge in [-0.25, -0.2) is 9.78 Å². The summed E-state index contributed by atoms with van der Waals surface area (Å²) >= 11 is 3.11. The normalized spacial score (nSPS) is 11.8. The molecule has 0 aliphatic heterocycles. The van der Waals surface area contributed by atoms with E-state index in [-0.39, 0.29) is 10.9 Å². The van der Waals surface area contributed by atoms with E-state index in [1.54, 1.807) is 6.07 Å². The third-order valence-electron chi connectivity index (χ3n) is 2.30. The number of alkyl halides is 3. The Kier molecular flexibility index (Phi) is 3.02. The number of halogens is 4. The summed E-state index contributed by atoms with van der Waals surface area (Å²) in [4.78, 5) is 14.5. The average Bonchev–Trinajstić information content (AvgIpc) is 2.26. The summed E-state index contributed by atoms with van der Waals surface area (Å²) < 4.78 is 38.2. The van der Waals surface area contributed by atoms with Crippen molar-refractivity contribution in [2.24, 2.45) is 0 Å². The number of carboxylic acid groups (broad SMARTS) is 1. The maximum absolute atomic E-state index is 12.6. The van der Waals surface area contributed by atoms with E-state index in [0.29, 0.717) is 10.5 Å². The van der Waals surface area contributed by atoms with E-state index in [4.69, 9.17) is 5.11 Å². The van der Waals surface area contributed by atoms with Gasteiger partial charge in [-0.2, -0.15) is 13.2 Å². The number of benzene rings is 1. The van der Waals surface area contributed by atoms with Crippen LogP contribution in [-0.2, 0) is 6.18 Å². The number of aromatic nitrogens is 1. The van der Waals surface area contributed by atoms with Gasteiger partial charge in [0.2, 0.25) is 0 Å². The number of nitrogens with zero attached hydrogens (tertiary/aromatic N) is 1. The van der Waals surface area contributed by atoms with Gasteiger partial charge in [-0.3, -0.25) is 0 Å². The molecule has 0 spiro atoms. The molecule has 7 heteroatoms. The molecule has 18 heavy (non-hydrogen) atoms. The summed E-state index contributed by atoms with van der Waals surface area (Å²) in [6.07, 6.45) is -4.68. The minimum absolute atomic E-state index is 0.0170. The van der Waals surface area contributed by atoms with Crippen molar-refractivity contribution in [1.82, 2.24) is 4.98 Å². The molecular weight excluding hydrogens is 315 g/mol. The van der Waals surface area contributed by atoms with E-state index in [0.717, 1.165) is 0 Å². The Balaban J connectivity index is 2.88. The van der Waals surface area contributed by atoms with Gasteiger partial charge >= 0.3 is 12.1 Å². The van der Waals surface area contributed by atoms with Crippen molar-refractivity contribution >= 4 is 32.8 Å². The molecule has 1 aromatic carbocycles. The van der Waals surface area contributed by atoms with Crippen LogP contribution in [0, 0.1) is 0 Å². The van der Waals surface area contributed by atoms with Crippen LogP contribution in [0.15, 0.2) is 28.7 Å². The molecule has 3 nitrogen and oxygen atoms in total. The maximum atomic E-state index is 12.6. The van der Waals surface area contributed by atoms with Gasteiger partial charge in [0.1, 0.15) is 5.69 Å². The monoisotopic (exact) mass is 319 g/mol. The zero-order valence-corrected chi connectivity index (χ0v) is 10.2. The number of pyridine rings is 1. The summed E-state index contributed by atoms with van der Waals surface area (Å²) in [5.74, 6) is -1.43. The number of fused-ring (bicyclic) bond motifs is 1. The molecular formula is C11H5BrF3NO2. The quantitative estimate of drug-likeness (QED) is 0.871. The number of carboxylic acids is 1. The fraction of sp³-hybridized carbons (Fsp3) is 0.0909. The van der Waals surface area contributed by atoms with Crippen LogP contribution in [-0.4, -0.2) is 16.1 Å². The number of hydrogen-bond acceptors (Lipinski definition) is 2. The fourth-order valence-electron chi connectivity index (χ4n) is 1.56. The van der Waals surface area contributed by atoms with Crippen molar-refractivity contribution in [1.29, 1.82) is 0 Å². The zero-order chi connectivity index (χ0) is 13.5. The average molecular weight is 320 g/mol. The molecule has 1 heterocycles. The predicted octanol–water partition coefficient (Wildman–Crippen LogP) is 3.71. The van der Waals surface area contributed by atoms with Gasteiger partial charge in [0.05, 0.1) is 11.1 Å². The third-order valence-corrected chi connectivity index (χ3v) is 2.96. The van der Waals surface area contributed by atoms with Gasteiger partial charge < -0.3 is 5.11 Å². The van der Waals surface area contributed by atoms with Gasteiger partial charge in [0.25, 0.3) is 0 Å². The molecule has 1 N–H and O–H groups in total. The van der Waals surface area contributed by atoms with Crippen LogP contribution in [0.1, 0.15) is 16.1 Å². The third kappa shape index (κ3) is 2.17. The lowest BCUT2D eigenvalue weighted by molar-refractivity contribution is -0.140. The summed E-state index contributed by atoms with van der Waals surface area (Å²) in [5, 5.41) is 9.13. The summed E-state index contributed by atoms with van der Waals surface area (Å²) in [6, 6.07) is 4.91. The Morgan fingerprint density at radius 3 is 2.56 bits per heavy atom. The van der Waals surface area contributed by atoms with Gasteiger partial charge in [-0.05, 0) is 18.2 Å². The number of hydrogen-bond donors (Lipinski definition) is 1. The van der Waals surface area contributed by atoms with Crippen LogP contribution in [0.5, 0.6) is 0 Å². The number of rotatable bonds is 1. The smallest absolute Gasteiger partial charge is 0.433 e. The lowest BCUT2D eigenvalue weighted by atomic mass is 10.1. The second kappa shape index (κ2) is 4.24. The minimum atomic E-state index is -4.68. The summed E-state index contributed by atoms with van der Waals surface area (Å²) in [5.41, 5.74) is -1.66. The lowest BCUT2D eigenvalue weighted by Crippen LogP contribution is -2.11. The standard InChI is InChI=1S/C11H5BrF3NO2/c12-6-2-1-3-7-9(6)5(10(17)18)4-8(16-7)11(13,14)15/h1-4H,(H,17,18). The first kappa shape index (κ1) is 12.8. The van der Waals surface area contributed by atoms with Crippen molar-refractivity contribution in [3.05, 3.63) is 40.0 Å². The molecule has 2 rings (SSSR count). The molecule has 94 valence electrons. The molecule has 0 radical (unpaired) electrons. The van der Waals surface area contributed by atoms with Gasteiger partial charge in [0.15, 0.2) is 0 Å². The second-order valence-electron chi connectivity index (χ2n) is 3.49. The van der Waals surface area contributed by atoms with E-state index >= 15 is 0 Å². The van der Waals surface area contributed by atoms with Crippen LogP contribution >= 0.6 is 15.9 Å². The lowest BCUT2D eigenvalue weighted by Gasteiger charge is -2.10. The van der Waals surface area contributed by atoms with E-state index in [2.05, 4.69) is 20.9 Å². The Morgan fingerprint density at radius 1 is 1.33 bits per heavy atom. The topological polar surface area (TPSA) is 50.2 Å². The molecule has 0 atom stereocenters. The molecule has 0 bridgehead atoms. The second-order valence-corrected chi connectivity index (χ2v) is 4.35. The van der Waals surface area contributed by atoms with Gasteiger partial charge in [-0.15, -0.1) is 0 Å². The molecule has 1 aromatic heterocycles. The highest BCUT2D eigenvalue weighted by Gasteiger charge is 2.34. The largest absolute Gasteiger partial charge is 0.478 e. The van der Waals surface area contributed by atoms with Crippen LogP contribution < -0.4 is 0 Å². The summed E-state index contributed by atoms with van der Waals surface area (Å²) in [7, 11) is 0. The van der Waals surface area contributed by atoms with Crippen molar-refractivity contribution in [3.63, 3.8) is 0 Å². The van der Waals surface area contributed by atoms with Gasteiger partial charge in [-0.1, -0.05) is 22.0 Å². The van der Waals surface area contributed by atoms with Crippen molar-refractivity contribution in [3.8, 4) is 0 Å². The molecule has 0 aliphatic rings. The zero-order valence-electron chi connectivity index (χ0n) is 8.62. The number of aromatic carboxylic acids is 1. The van der Waals surface area contributed by atoms with Gasteiger partial charge in [0, 0.05) is 9.86 Å². The van der Waals surface area contributed by atoms with E-state index in [9.17, 15) is 18.0 Å². The van der Waals surface area contributed by atoms with Crippen molar-refractivity contribution < 1.29 is 23.1 Å². The predicted molar refractivity (Wildman–Crippen MR) is 61.4 cm³/mol. The van der Waals surface area contributed by atoms with Crippen LogP contribution in [0.3, 0.4) is 0 Å². The van der Waals surface area contributed by atoms with E-state index < -0.39 is 23.4 Å². The first-order chi connectivity index (χ1) is 8.30. The molecule has 0 unspecified atom stereocenters. The summed E-state index contributed by atoms with van der Waals surface area (Å²) in [6.45, 7) is 0. The molecule has 0 saturated carbocycles. The molecule has 2 aromatic rings.